The van der Waals surface area contributed by atoms with Crippen molar-refractivity contribution in [2.24, 2.45) is 11.7 Å². The molecule has 1 aliphatic heterocycles. The Balaban J connectivity index is 2.24. The fraction of sp³-hybridized carbons (Fsp3) is 1.00. The zero-order chi connectivity index (χ0) is 13.6. The lowest BCUT2D eigenvalue weighted by atomic mass is 9.84. The minimum absolute atomic E-state index is 0.0772. The molecule has 0 aromatic carbocycles. The molecular weight excluding hydrogens is 224 g/mol. The molecule has 1 unspecified atom stereocenters. The summed E-state index contributed by atoms with van der Waals surface area (Å²) in [5, 5.41) is 0. The Morgan fingerprint density at radius 3 is 2.00 bits per heavy atom. The third-order valence-electron chi connectivity index (χ3n) is 4.63. The molecule has 1 heterocycles. The lowest BCUT2D eigenvalue weighted by Crippen LogP contribution is -2.66. The van der Waals surface area contributed by atoms with Gasteiger partial charge in [-0.05, 0) is 52.9 Å². The number of nitrogens with zero attached hydrogens (tertiary/aromatic N) is 1. The second kappa shape index (κ2) is 4.46. The summed E-state index contributed by atoms with van der Waals surface area (Å²) in [6.45, 7) is 13.9. The fourth-order valence-corrected chi connectivity index (χ4v) is 3.93. The summed E-state index contributed by atoms with van der Waals surface area (Å²) in [6.07, 6.45) is 3.85. The quantitative estimate of drug-likeness (QED) is 0.837. The van der Waals surface area contributed by atoms with Crippen LogP contribution >= 0.6 is 0 Å². The Labute approximate surface area is 112 Å². The minimum atomic E-state index is -0.0772. The molecule has 1 saturated heterocycles. The highest BCUT2D eigenvalue weighted by Gasteiger charge is 2.51. The Bertz CT molecular complexity index is 288. The molecule has 0 spiro atoms. The van der Waals surface area contributed by atoms with Gasteiger partial charge in [0.15, 0.2) is 0 Å². The van der Waals surface area contributed by atoms with Crippen LogP contribution in [0.2, 0.25) is 0 Å². The zero-order valence-electron chi connectivity index (χ0n) is 12.8. The maximum Gasteiger partial charge on any atom is 0.0761 e. The average Bonchev–Trinajstić information content (AvgIpc) is 3.00. The van der Waals surface area contributed by atoms with Gasteiger partial charge in [-0.1, -0.05) is 6.92 Å². The summed E-state index contributed by atoms with van der Waals surface area (Å²) in [4.78, 5) is 2.63. The van der Waals surface area contributed by atoms with E-state index in [0.717, 1.165) is 32.0 Å². The van der Waals surface area contributed by atoms with Gasteiger partial charge in [0.2, 0.25) is 0 Å². The van der Waals surface area contributed by atoms with E-state index in [2.05, 4.69) is 39.5 Å². The maximum atomic E-state index is 6.19. The van der Waals surface area contributed by atoms with Gasteiger partial charge in [-0.2, -0.15) is 0 Å². The Kier molecular flexibility index (Phi) is 3.54. The van der Waals surface area contributed by atoms with Gasteiger partial charge in [-0.25, -0.2) is 0 Å². The highest BCUT2D eigenvalue weighted by molar-refractivity contribution is 5.06. The smallest absolute Gasteiger partial charge is 0.0761 e. The lowest BCUT2D eigenvalue weighted by Gasteiger charge is -2.54. The first-order valence-electron chi connectivity index (χ1n) is 7.40. The Morgan fingerprint density at radius 1 is 1.17 bits per heavy atom. The number of rotatable bonds is 4. The standard InChI is InChI=1S/C15H30N2O/c1-6-15(9-16,12-7-8-12)17-10-13(2,3)18-14(4,5)11-17/h12H,6-11,16H2,1-5H3. The summed E-state index contributed by atoms with van der Waals surface area (Å²) < 4.78 is 6.19. The molecule has 106 valence electrons. The molecule has 0 aromatic rings. The third-order valence-corrected chi connectivity index (χ3v) is 4.63. The molecule has 1 atom stereocenters. The number of nitrogens with two attached hydrogens (primary N) is 1. The van der Waals surface area contributed by atoms with E-state index in [9.17, 15) is 0 Å². The van der Waals surface area contributed by atoms with Crippen LogP contribution in [0, 0.1) is 5.92 Å². The topological polar surface area (TPSA) is 38.5 Å². The minimum Gasteiger partial charge on any atom is -0.367 e. The van der Waals surface area contributed by atoms with E-state index >= 15 is 0 Å². The lowest BCUT2D eigenvalue weighted by molar-refractivity contribution is -0.201. The van der Waals surface area contributed by atoms with Crippen LogP contribution in [0.15, 0.2) is 0 Å². The summed E-state index contributed by atoms with van der Waals surface area (Å²) in [5.41, 5.74) is 6.24. The molecule has 2 rings (SSSR count). The Hall–Kier alpha value is -0.120. The van der Waals surface area contributed by atoms with E-state index in [0.29, 0.717) is 0 Å². The van der Waals surface area contributed by atoms with Crippen molar-refractivity contribution < 1.29 is 4.74 Å². The van der Waals surface area contributed by atoms with Gasteiger partial charge < -0.3 is 10.5 Å². The summed E-state index contributed by atoms with van der Waals surface area (Å²) in [7, 11) is 0. The molecule has 18 heavy (non-hydrogen) atoms. The van der Waals surface area contributed by atoms with E-state index in [1.807, 2.05) is 0 Å². The monoisotopic (exact) mass is 254 g/mol. The van der Waals surface area contributed by atoms with E-state index < -0.39 is 0 Å². The normalized spacial score (nSPS) is 31.0. The van der Waals surface area contributed by atoms with Crippen LogP contribution in [0.4, 0.5) is 0 Å². The van der Waals surface area contributed by atoms with Crippen molar-refractivity contribution >= 4 is 0 Å². The average molecular weight is 254 g/mol. The van der Waals surface area contributed by atoms with Crippen LogP contribution in [0.3, 0.4) is 0 Å². The predicted octanol–water partition coefficient (Wildman–Crippen LogP) is 2.39. The molecule has 2 aliphatic rings. The third kappa shape index (κ3) is 2.59. The highest BCUT2D eigenvalue weighted by Crippen LogP contribution is 2.47. The van der Waals surface area contributed by atoms with Crippen LogP contribution in [0.5, 0.6) is 0 Å². The van der Waals surface area contributed by atoms with E-state index in [-0.39, 0.29) is 16.7 Å². The molecule has 2 fully saturated rings. The number of ether oxygens (including phenoxy) is 1. The van der Waals surface area contributed by atoms with Crippen molar-refractivity contribution in [3.63, 3.8) is 0 Å². The van der Waals surface area contributed by atoms with Gasteiger partial charge in [0.05, 0.1) is 11.2 Å². The molecule has 0 radical (unpaired) electrons. The van der Waals surface area contributed by atoms with Crippen LogP contribution < -0.4 is 5.73 Å². The summed E-state index contributed by atoms with van der Waals surface area (Å²) >= 11 is 0. The van der Waals surface area contributed by atoms with Crippen molar-refractivity contribution in [1.82, 2.24) is 4.90 Å². The molecule has 3 nitrogen and oxygen atoms in total. The molecule has 0 amide bonds. The highest BCUT2D eigenvalue weighted by atomic mass is 16.5. The van der Waals surface area contributed by atoms with Crippen molar-refractivity contribution in [2.75, 3.05) is 19.6 Å². The zero-order valence-corrected chi connectivity index (χ0v) is 12.8. The summed E-state index contributed by atoms with van der Waals surface area (Å²) in [6, 6.07) is 0. The van der Waals surface area contributed by atoms with Crippen molar-refractivity contribution in [3.8, 4) is 0 Å². The van der Waals surface area contributed by atoms with Crippen LogP contribution in [0.25, 0.3) is 0 Å². The second-order valence-corrected chi connectivity index (χ2v) is 7.41. The molecule has 2 N–H and O–H groups in total. The van der Waals surface area contributed by atoms with Gasteiger partial charge in [-0.3, -0.25) is 4.90 Å². The van der Waals surface area contributed by atoms with Gasteiger partial charge in [-0.15, -0.1) is 0 Å². The van der Waals surface area contributed by atoms with E-state index in [4.69, 9.17) is 10.5 Å². The maximum absolute atomic E-state index is 6.19. The molecule has 3 heteroatoms. The molecule has 0 aromatic heterocycles. The number of hydrogen-bond donors (Lipinski definition) is 1. The van der Waals surface area contributed by atoms with Crippen molar-refractivity contribution in [1.29, 1.82) is 0 Å². The molecular formula is C15H30N2O. The fourth-order valence-electron chi connectivity index (χ4n) is 3.93. The van der Waals surface area contributed by atoms with Crippen LogP contribution in [-0.4, -0.2) is 41.3 Å². The number of hydrogen-bond acceptors (Lipinski definition) is 3. The predicted molar refractivity (Wildman–Crippen MR) is 75.6 cm³/mol. The van der Waals surface area contributed by atoms with Gasteiger partial charge in [0.1, 0.15) is 0 Å². The van der Waals surface area contributed by atoms with Gasteiger partial charge in [0.25, 0.3) is 0 Å². The number of morpholine rings is 1. The molecule has 0 bridgehead atoms. The largest absolute Gasteiger partial charge is 0.367 e. The van der Waals surface area contributed by atoms with E-state index in [1.165, 1.54) is 12.8 Å². The first-order chi connectivity index (χ1) is 8.25. The van der Waals surface area contributed by atoms with Crippen LogP contribution in [-0.2, 0) is 4.74 Å². The second-order valence-electron chi connectivity index (χ2n) is 7.41. The van der Waals surface area contributed by atoms with Crippen molar-refractivity contribution in [2.45, 2.75) is 70.6 Å². The molecule has 1 aliphatic carbocycles. The molecule has 1 saturated carbocycles. The van der Waals surface area contributed by atoms with Crippen LogP contribution in [0.1, 0.15) is 53.9 Å². The summed E-state index contributed by atoms with van der Waals surface area (Å²) in [5.74, 6) is 0.803. The van der Waals surface area contributed by atoms with E-state index in [1.54, 1.807) is 0 Å². The van der Waals surface area contributed by atoms with Gasteiger partial charge >= 0.3 is 0 Å². The van der Waals surface area contributed by atoms with Crippen molar-refractivity contribution in [3.05, 3.63) is 0 Å². The first-order valence-corrected chi connectivity index (χ1v) is 7.40. The van der Waals surface area contributed by atoms with Gasteiger partial charge in [0, 0.05) is 25.2 Å². The Morgan fingerprint density at radius 2 is 1.67 bits per heavy atom. The SMILES string of the molecule is CCC(CN)(C1CC1)N1CC(C)(C)OC(C)(C)C1. The first kappa shape index (κ1) is 14.3.